The summed E-state index contributed by atoms with van der Waals surface area (Å²) in [4.78, 5) is 4.37. The second-order valence-corrected chi connectivity index (χ2v) is 4.18. The van der Waals surface area contributed by atoms with Crippen molar-refractivity contribution in [2.75, 3.05) is 0 Å². The van der Waals surface area contributed by atoms with Gasteiger partial charge < -0.3 is 10.3 Å². The third-order valence-electron chi connectivity index (χ3n) is 2.64. The lowest BCUT2D eigenvalue weighted by atomic mass is 10.2. The molecule has 0 unspecified atom stereocenters. The Labute approximate surface area is 95.9 Å². The lowest BCUT2D eigenvalue weighted by molar-refractivity contribution is 0.751. The van der Waals surface area contributed by atoms with E-state index in [1.807, 2.05) is 12.4 Å². The van der Waals surface area contributed by atoms with Crippen LogP contribution in [-0.2, 0) is 6.54 Å². The molecule has 2 rings (SSSR count). The van der Waals surface area contributed by atoms with Gasteiger partial charge in [-0.05, 0) is 17.7 Å². The second kappa shape index (κ2) is 4.49. The zero-order valence-electron chi connectivity index (χ0n) is 9.72. The highest BCUT2D eigenvalue weighted by Crippen LogP contribution is 2.17. The summed E-state index contributed by atoms with van der Waals surface area (Å²) in [6, 6.07) is 8.27. The number of hydrogen-bond acceptors (Lipinski definition) is 2. The van der Waals surface area contributed by atoms with Crippen molar-refractivity contribution in [3.63, 3.8) is 0 Å². The number of rotatable bonds is 3. The van der Waals surface area contributed by atoms with Gasteiger partial charge in [0, 0.05) is 30.5 Å². The van der Waals surface area contributed by atoms with Gasteiger partial charge in [0.25, 0.3) is 0 Å². The maximum atomic E-state index is 5.58. The highest BCUT2D eigenvalue weighted by atomic mass is 15.1. The molecule has 1 aromatic carbocycles. The minimum absolute atomic E-state index is 0.421. The van der Waals surface area contributed by atoms with Crippen LogP contribution in [0.2, 0.25) is 0 Å². The summed E-state index contributed by atoms with van der Waals surface area (Å²) in [5.41, 5.74) is 7.86. The normalized spacial score (nSPS) is 11.0. The van der Waals surface area contributed by atoms with E-state index in [-0.39, 0.29) is 0 Å². The van der Waals surface area contributed by atoms with Crippen molar-refractivity contribution < 1.29 is 0 Å². The Hall–Kier alpha value is -1.61. The summed E-state index contributed by atoms with van der Waals surface area (Å²) in [5, 5.41) is 0. The molecule has 0 spiro atoms. The van der Waals surface area contributed by atoms with Crippen LogP contribution in [0.1, 0.15) is 31.2 Å². The Morgan fingerprint density at radius 2 is 1.94 bits per heavy atom. The van der Waals surface area contributed by atoms with Crippen LogP contribution in [0.5, 0.6) is 0 Å². The number of hydrogen-bond donors (Lipinski definition) is 1. The predicted molar refractivity (Wildman–Crippen MR) is 65.5 cm³/mol. The van der Waals surface area contributed by atoms with Crippen LogP contribution >= 0.6 is 0 Å². The van der Waals surface area contributed by atoms with E-state index in [1.54, 1.807) is 0 Å². The Kier molecular flexibility index (Phi) is 3.06. The van der Waals surface area contributed by atoms with Crippen LogP contribution in [-0.4, -0.2) is 9.55 Å². The van der Waals surface area contributed by atoms with Gasteiger partial charge in [0.05, 0.1) is 0 Å². The molecule has 0 aliphatic heterocycles. The molecule has 3 nitrogen and oxygen atoms in total. The van der Waals surface area contributed by atoms with Gasteiger partial charge >= 0.3 is 0 Å². The fourth-order valence-corrected chi connectivity index (χ4v) is 1.75. The fourth-order valence-electron chi connectivity index (χ4n) is 1.75. The third-order valence-corrected chi connectivity index (χ3v) is 2.64. The topological polar surface area (TPSA) is 43.8 Å². The van der Waals surface area contributed by atoms with E-state index in [2.05, 4.69) is 47.7 Å². The summed E-state index contributed by atoms with van der Waals surface area (Å²) >= 11 is 0. The van der Waals surface area contributed by atoms with Gasteiger partial charge in [0.2, 0.25) is 0 Å². The van der Waals surface area contributed by atoms with Crippen LogP contribution < -0.4 is 5.73 Å². The van der Waals surface area contributed by atoms with Crippen molar-refractivity contribution in [2.24, 2.45) is 5.73 Å². The summed E-state index contributed by atoms with van der Waals surface area (Å²) < 4.78 is 2.12. The number of nitrogens with zero attached hydrogens (tertiary/aromatic N) is 2. The molecule has 0 bridgehead atoms. The molecule has 3 heteroatoms. The fraction of sp³-hybridized carbons (Fsp3) is 0.308. The van der Waals surface area contributed by atoms with Gasteiger partial charge in [-0.15, -0.1) is 0 Å². The van der Waals surface area contributed by atoms with Crippen LogP contribution in [0.15, 0.2) is 36.7 Å². The first-order valence-electron chi connectivity index (χ1n) is 5.55. The second-order valence-electron chi connectivity index (χ2n) is 4.18. The maximum absolute atomic E-state index is 5.58. The minimum atomic E-state index is 0.421. The SMILES string of the molecule is CC(C)c1nccn1-c1ccc(CN)cc1. The smallest absolute Gasteiger partial charge is 0.115 e. The molecule has 16 heavy (non-hydrogen) atoms. The van der Waals surface area contributed by atoms with E-state index >= 15 is 0 Å². The summed E-state index contributed by atoms with van der Waals surface area (Å²) in [6.45, 7) is 4.88. The molecular weight excluding hydrogens is 198 g/mol. The molecule has 0 fully saturated rings. The van der Waals surface area contributed by atoms with Crippen LogP contribution in [0.3, 0.4) is 0 Å². The Morgan fingerprint density at radius 1 is 1.25 bits per heavy atom. The van der Waals surface area contributed by atoms with E-state index in [0.717, 1.165) is 17.1 Å². The molecule has 0 aliphatic carbocycles. The molecule has 0 saturated heterocycles. The number of aromatic nitrogens is 2. The third kappa shape index (κ3) is 1.99. The number of benzene rings is 1. The van der Waals surface area contributed by atoms with Crippen LogP contribution in [0.4, 0.5) is 0 Å². The summed E-state index contributed by atoms with van der Waals surface area (Å²) in [5.74, 6) is 1.50. The Balaban J connectivity index is 2.38. The molecule has 2 aromatic rings. The zero-order chi connectivity index (χ0) is 11.5. The molecule has 0 atom stereocenters. The van der Waals surface area contributed by atoms with Crippen molar-refractivity contribution in [1.82, 2.24) is 9.55 Å². The van der Waals surface area contributed by atoms with Gasteiger partial charge in [-0.25, -0.2) is 4.98 Å². The van der Waals surface area contributed by atoms with Crippen molar-refractivity contribution in [1.29, 1.82) is 0 Å². The summed E-state index contributed by atoms with van der Waals surface area (Å²) in [6.07, 6.45) is 3.83. The average Bonchev–Trinajstić information content (AvgIpc) is 2.78. The van der Waals surface area contributed by atoms with E-state index < -0.39 is 0 Å². The molecule has 1 aromatic heterocycles. The Morgan fingerprint density at radius 3 is 2.50 bits per heavy atom. The van der Waals surface area contributed by atoms with Gasteiger partial charge in [-0.1, -0.05) is 26.0 Å². The van der Waals surface area contributed by atoms with Crippen molar-refractivity contribution >= 4 is 0 Å². The van der Waals surface area contributed by atoms with Gasteiger partial charge in [0.15, 0.2) is 0 Å². The van der Waals surface area contributed by atoms with Gasteiger partial charge in [0.1, 0.15) is 5.82 Å². The molecule has 0 radical (unpaired) electrons. The van der Waals surface area contributed by atoms with E-state index in [9.17, 15) is 0 Å². The molecular formula is C13H17N3. The average molecular weight is 215 g/mol. The number of imidazole rings is 1. The quantitative estimate of drug-likeness (QED) is 0.854. The van der Waals surface area contributed by atoms with Crippen molar-refractivity contribution in [3.8, 4) is 5.69 Å². The van der Waals surface area contributed by atoms with Gasteiger partial charge in [-0.2, -0.15) is 0 Å². The number of nitrogens with two attached hydrogens (primary N) is 1. The predicted octanol–water partition coefficient (Wildman–Crippen LogP) is 2.45. The molecule has 84 valence electrons. The van der Waals surface area contributed by atoms with E-state index in [4.69, 9.17) is 5.73 Å². The first kappa shape index (κ1) is 10.9. The monoisotopic (exact) mass is 215 g/mol. The minimum Gasteiger partial charge on any atom is -0.326 e. The molecule has 0 saturated carbocycles. The highest BCUT2D eigenvalue weighted by molar-refractivity contribution is 5.36. The van der Waals surface area contributed by atoms with E-state index in [1.165, 1.54) is 0 Å². The van der Waals surface area contributed by atoms with E-state index in [0.29, 0.717) is 12.5 Å². The largest absolute Gasteiger partial charge is 0.326 e. The lowest BCUT2D eigenvalue weighted by Crippen LogP contribution is -2.03. The van der Waals surface area contributed by atoms with Crippen LogP contribution in [0.25, 0.3) is 5.69 Å². The molecule has 0 aliphatic rings. The van der Waals surface area contributed by atoms with Crippen LogP contribution in [0, 0.1) is 0 Å². The standard InChI is InChI=1S/C13H17N3/c1-10(2)13-15-7-8-16(13)12-5-3-11(9-14)4-6-12/h3-8,10H,9,14H2,1-2H3. The lowest BCUT2D eigenvalue weighted by Gasteiger charge is -2.10. The molecule has 1 heterocycles. The maximum Gasteiger partial charge on any atom is 0.115 e. The highest BCUT2D eigenvalue weighted by Gasteiger charge is 2.08. The first-order valence-corrected chi connectivity index (χ1v) is 5.55. The Bertz CT molecular complexity index is 454. The first-order chi connectivity index (χ1) is 7.72. The van der Waals surface area contributed by atoms with Crippen molar-refractivity contribution in [2.45, 2.75) is 26.3 Å². The molecule has 2 N–H and O–H groups in total. The zero-order valence-corrected chi connectivity index (χ0v) is 9.72. The van der Waals surface area contributed by atoms with Gasteiger partial charge in [-0.3, -0.25) is 0 Å². The summed E-state index contributed by atoms with van der Waals surface area (Å²) in [7, 11) is 0. The van der Waals surface area contributed by atoms with Crippen molar-refractivity contribution in [3.05, 3.63) is 48.0 Å². The molecule has 0 amide bonds.